The number of nitrogens with zero attached hydrogens (tertiary/aromatic N) is 5. The van der Waals surface area contributed by atoms with Gasteiger partial charge in [0.05, 0.1) is 25.6 Å². The summed E-state index contributed by atoms with van der Waals surface area (Å²) in [7, 11) is 1.42. The standard InChI is InChI=1S/C22H20N8O4S/c1-33-34-35-17-8-4-14(5-9-17)10-20(31)26-19-11-18(24-13-25-19)22(32)23-12-15-2-6-16(7-3-15)21-27-29-30-28-21/h2-9,11,13H,10,12H2,1H3,(H,23,32)(H,24,25,26,31)(H,27,28,29,30). The van der Waals surface area contributed by atoms with E-state index >= 15 is 0 Å². The minimum absolute atomic E-state index is 0.138. The molecule has 0 aliphatic rings. The fraction of sp³-hybridized carbons (Fsp3) is 0.136. The molecule has 4 aromatic rings. The molecule has 3 N–H and O–H groups in total. The summed E-state index contributed by atoms with van der Waals surface area (Å²) in [4.78, 5) is 38.4. The molecule has 0 saturated carbocycles. The van der Waals surface area contributed by atoms with E-state index in [1.54, 1.807) is 0 Å². The Kier molecular flexibility index (Phi) is 8.06. The van der Waals surface area contributed by atoms with Crippen LogP contribution in [-0.2, 0) is 27.0 Å². The zero-order valence-electron chi connectivity index (χ0n) is 18.5. The SMILES string of the molecule is COOSc1ccc(CC(=O)Nc2cc(C(=O)NCc3ccc(-c4nnn[nH]4)cc3)ncn2)cc1. The van der Waals surface area contributed by atoms with Crippen LogP contribution in [0, 0.1) is 0 Å². The van der Waals surface area contributed by atoms with Crippen LogP contribution in [0.3, 0.4) is 0 Å². The fourth-order valence-corrected chi connectivity index (χ4v) is 3.39. The van der Waals surface area contributed by atoms with Crippen molar-refractivity contribution in [1.82, 2.24) is 35.9 Å². The highest BCUT2D eigenvalue weighted by molar-refractivity contribution is 7.94. The molecule has 12 nitrogen and oxygen atoms in total. The van der Waals surface area contributed by atoms with E-state index in [9.17, 15) is 9.59 Å². The quantitative estimate of drug-likeness (QED) is 0.170. The number of carbonyl (C=O) groups excluding carboxylic acids is 2. The monoisotopic (exact) mass is 492 g/mol. The molecule has 0 aliphatic carbocycles. The molecule has 4 rings (SSSR count). The predicted octanol–water partition coefficient (Wildman–Crippen LogP) is 2.35. The van der Waals surface area contributed by atoms with Gasteiger partial charge >= 0.3 is 0 Å². The lowest BCUT2D eigenvalue weighted by Crippen LogP contribution is -2.24. The Labute approximate surface area is 204 Å². The van der Waals surface area contributed by atoms with E-state index in [2.05, 4.69) is 46.1 Å². The minimum atomic E-state index is -0.391. The Balaban J connectivity index is 1.29. The van der Waals surface area contributed by atoms with E-state index in [0.717, 1.165) is 33.6 Å². The first-order valence-electron chi connectivity index (χ1n) is 10.3. The summed E-state index contributed by atoms with van der Waals surface area (Å²) in [6, 6.07) is 16.1. The third-order valence-electron chi connectivity index (χ3n) is 4.68. The number of hydrogen-bond donors (Lipinski definition) is 3. The van der Waals surface area contributed by atoms with Gasteiger partial charge in [0, 0.05) is 23.1 Å². The summed E-state index contributed by atoms with van der Waals surface area (Å²) in [6.07, 6.45) is 1.37. The molecular formula is C22H20N8O4S. The van der Waals surface area contributed by atoms with Gasteiger partial charge in [0.2, 0.25) is 5.91 Å². The largest absolute Gasteiger partial charge is 0.347 e. The van der Waals surface area contributed by atoms with Crippen LogP contribution in [0.25, 0.3) is 11.4 Å². The van der Waals surface area contributed by atoms with Crippen molar-refractivity contribution in [3.05, 3.63) is 77.7 Å². The number of H-pyrrole nitrogens is 1. The second kappa shape index (κ2) is 11.8. The second-order valence-corrected chi connectivity index (χ2v) is 7.88. The summed E-state index contributed by atoms with van der Waals surface area (Å²) in [5, 5.41) is 19.1. The zero-order chi connectivity index (χ0) is 24.5. The first kappa shape index (κ1) is 23.9. The molecule has 0 saturated heterocycles. The number of rotatable bonds is 10. The Morgan fingerprint density at radius 2 is 1.80 bits per heavy atom. The Bertz CT molecular complexity index is 1270. The normalized spacial score (nSPS) is 10.7. The Hall–Kier alpha value is -4.20. The minimum Gasteiger partial charge on any atom is -0.347 e. The number of tetrazole rings is 1. The van der Waals surface area contributed by atoms with Gasteiger partial charge in [-0.05, 0) is 33.7 Å². The summed E-state index contributed by atoms with van der Waals surface area (Å²) < 4.78 is 4.79. The van der Waals surface area contributed by atoms with E-state index in [4.69, 9.17) is 4.33 Å². The highest BCUT2D eigenvalue weighted by Crippen LogP contribution is 2.20. The van der Waals surface area contributed by atoms with Crippen molar-refractivity contribution >= 4 is 29.7 Å². The van der Waals surface area contributed by atoms with Gasteiger partial charge in [-0.25, -0.2) is 20.0 Å². The maximum atomic E-state index is 12.5. The van der Waals surface area contributed by atoms with Crippen molar-refractivity contribution in [2.24, 2.45) is 0 Å². The smallest absolute Gasteiger partial charge is 0.270 e. The molecule has 0 spiro atoms. The van der Waals surface area contributed by atoms with Crippen molar-refractivity contribution in [2.75, 3.05) is 12.4 Å². The highest BCUT2D eigenvalue weighted by atomic mass is 32.2. The molecule has 0 unspecified atom stereocenters. The molecule has 178 valence electrons. The maximum Gasteiger partial charge on any atom is 0.270 e. The van der Waals surface area contributed by atoms with Crippen molar-refractivity contribution in [3.63, 3.8) is 0 Å². The Morgan fingerprint density at radius 3 is 2.51 bits per heavy atom. The van der Waals surface area contributed by atoms with Gasteiger partial charge in [0.25, 0.3) is 5.91 Å². The van der Waals surface area contributed by atoms with Crippen molar-refractivity contribution in [1.29, 1.82) is 0 Å². The van der Waals surface area contributed by atoms with E-state index in [-0.39, 0.29) is 23.8 Å². The second-order valence-electron chi connectivity index (χ2n) is 7.10. The van der Waals surface area contributed by atoms with E-state index < -0.39 is 5.91 Å². The molecule has 35 heavy (non-hydrogen) atoms. The van der Waals surface area contributed by atoms with E-state index in [1.165, 1.54) is 19.5 Å². The number of carbonyl (C=O) groups is 2. The molecule has 0 atom stereocenters. The molecule has 2 heterocycles. The topological polar surface area (TPSA) is 157 Å². The molecule has 2 amide bonds. The lowest BCUT2D eigenvalue weighted by Gasteiger charge is -2.08. The number of aromatic amines is 1. The number of aromatic nitrogens is 6. The number of nitrogens with one attached hydrogen (secondary N) is 3. The van der Waals surface area contributed by atoms with Gasteiger partial charge in [-0.3, -0.25) is 9.59 Å². The summed E-state index contributed by atoms with van der Waals surface area (Å²) in [5.41, 5.74) is 2.66. The molecule has 2 aromatic heterocycles. The van der Waals surface area contributed by atoms with Crippen LogP contribution < -0.4 is 10.6 Å². The summed E-state index contributed by atoms with van der Waals surface area (Å²) in [6.45, 7) is 0.295. The van der Waals surface area contributed by atoms with Crippen LogP contribution in [-0.4, -0.2) is 49.5 Å². The molecular weight excluding hydrogens is 472 g/mol. The third kappa shape index (κ3) is 6.89. The molecule has 13 heteroatoms. The molecule has 0 radical (unpaired) electrons. The highest BCUT2D eigenvalue weighted by Gasteiger charge is 2.11. The van der Waals surface area contributed by atoms with Crippen LogP contribution in [0.4, 0.5) is 5.82 Å². The van der Waals surface area contributed by atoms with Gasteiger partial charge < -0.3 is 10.6 Å². The van der Waals surface area contributed by atoms with Crippen molar-refractivity contribution in [3.8, 4) is 11.4 Å². The first-order chi connectivity index (χ1) is 17.1. The molecule has 0 bridgehead atoms. The lowest BCUT2D eigenvalue weighted by atomic mass is 10.1. The zero-order valence-corrected chi connectivity index (χ0v) is 19.3. The molecule has 0 fully saturated rings. The van der Waals surface area contributed by atoms with Gasteiger partial charge in [0.15, 0.2) is 5.82 Å². The number of hydrogen-bond acceptors (Lipinski definition) is 10. The average molecular weight is 493 g/mol. The van der Waals surface area contributed by atoms with Crippen molar-refractivity contribution < 1.29 is 18.8 Å². The van der Waals surface area contributed by atoms with Crippen LogP contribution in [0.2, 0.25) is 0 Å². The molecule has 2 aromatic carbocycles. The summed E-state index contributed by atoms with van der Waals surface area (Å²) in [5.74, 6) is 0.133. The van der Waals surface area contributed by atoms with Gasteiger partial charge in [0.1, 0.15) is 17.8 Å². The van der Waals surface area contributed by atoms with Crippen LogP contribution in [0.15, 0.2) is 65.8 Å². The third-order valence-corrected chi connectivity index (χ3v) is 5.35. The van der Waals surface area contributed by atoms with Crippen LogP contribution in [0.1, 0.15) is 21.6 Å². The fourth-order valence-electron chi connectivity index (χ4n) is 2.99. The van der Waals surface area contributed by atoms with Crippen LogP contribution >= 0.6 is 12.0 Å². The number of amides is 2. The average Bonchev–Trinajstić information content (AvgIpc) is 3.42. The number of anilines is 1. The van der Waals surface area contributed by atoms with Crippen LogP contribution in [0.5, 0.6) is 0 Å². The van der Waals surface area contributed by atoms with E-state index in [1.807, 2.05) is 48.5 Å². The van der Waals surface area contributed by atoms with Gasteiger partial charge in [-0.1, -0.05) is 36.4 Å². The maximum absolute atomic E-state index is 12.5. The number of benzene rings is 2. The first-order valence-corrected chi connectivity index (χ1v) is 11.0. The van der Waals surface area contributed by atoms with Gasteiger partial charge in [-0.15, -0.1) is 5.10 Å². The lowest BCUT2D eigenvalue weighted by molar-refractivity contribution is -0.160. The van der Waals surface area contributed by atoms with Crippen molar-refractivity contribution in [2.45, 2.75) is 17.9 Å². The Morgan fingerprint density at radius 1 is 1.03 bits per heavy atom. The van der Waals surface area contributed by atoms with E-state index in [0.29, 0.717) is 12.4 Å². The predicted molar refractivity (Wildman–Crippen MR) is 126 cm³/mol. The molecule has 0 aliphatic heterocycles. The summed E-state index contributed by atoms with van der Waals surface area (Å²) >= 11 is 1.07. The van der Waals surface area contributed by atoms with Gasteiger partial charge in [-0.2, -0.15) is 4.33 Å².